The monoisotopic (exact) mass is 170 g/mol. The summed E-state index contributed by atoms with van der Waals surface area (Å²) in [6, 6.07) is 2.94. The van der Waals surface area contributed by atoms with E-state index < -0.39 is 5.82 Å². The third kappa shape index (κ3) is 1.41. The van der Waals surface area contributed by atoms with Crippen molar-refractivity contribution in [3.63, 3.8) is 0 Å². The molecule has 1 aromatic carbocycles. The molecule has 0 heterocycles. The van der Waals surface area contributed by atoms with Gasteiger partial charge in [-0.3, -0.25) is 0 Å². The number of ether oxygens (including phenoxy) is 1. The predicted octanol–water partition coefficient (Wildman–Crippen LogP) is 1.64. The van der Waals surface area contributed by atoms with Gasteiger partial charge in [-0.05, 0) is 18.6 Å². The zero-order chi connectivity index (χ0) is 9.14. The molecular weight excluding hydrogens is 159 g/mol. The second kappa shape index (κ2) is 3.54. The number of aryl methyl sites for hydroxylation is 1. The molecule has 0 unspecified atom stereocenters. The Morgan fingerprint density at radius 1 is 1.50 bits per heavy atom. The number of aliphatic hydroxyl groups is 1. The molecule has 0 aliphatic carbocycles. The third-order valence-electron chi connectivity index (χ3n) is 1.81. The minimum Gasteiger partial charge on any atom is -0.493 e. The van der Waals surface area contributed by atoms with Gasteiger partial charge in [0, 0.05) is 5.56 Å². The van der Waals surface area contributed by atoms with Gasteiger partial charge < -0.3 is 9.84 Å². The highest BCUT2D eigenvalue weighted by Gasteiger charge is 2.10. The summed E-state index contributed by atoms with van der Waals surface area (Å²) in [5.74, 6) is -0.301. The van der Waals surface area contributed by atoms with Gasteiger partial charge in [-0.25, -0.2) is 4.39 Å². The van der Waals surface area contributed by atoms with Crippen molar-refractivity contribution in [2.24, 2.45) is 0 Å². The molecule has 0 aliphatic rings. The van der Waals surface area contributed by atoms with E-state index in [2.05, 4.69) is 0 Å². The Kier molecular flexibility index (Phi) is 2.65. The van der Waals surface area contributed by atoms with Crippen LogP contribution < -0.4 is 4.74 Å². The van der Waals surface area contributed by atoms with Crippen LogP contribution in [0.4, 0.5) is 4.39 Å². The van der Waals surface area contributed by atoms with E-state index in [4.69, 9.17) is 9.84 Å². The van der Waals surface area contributed by atoms with Crippen LogP contribution in [0, 0.1) is 12.7 Å². The van der Waals surface area contributed by atoms with Crippen LogP contribution in [0.3, 0.4) is 0 Å². The number of hydrogen-bond acceptors (Lipinski definition) is 2. The largest absolute Gasteiger partial charge is 0.493 e. The van der Waals surface area contributed by atoms with E-state index in [1.165, 1.54) is 13.2 Å². The fourth-order valence-corrected chi connectivity index (χ4v) is 1.11. The van der Waals surface area contributed by atoms with Crippen molar-refractivity contribution in [2.75, 3.05) is 7.11 Å². The molecule has 0 aromatic heterocycles. The molecule has 0 aliphatic heterocycles. The first-order valence-electron chi connectivity index (χ1n) is 3.63. The normalized spacial score (nSPS) is 10.0. The van der Waals surface area contributed by atoms with Crippen molar-refractivity contribution in [3.05, 3.63) is 29.1 Å². The van der Waals surface area contributed by atoms with Crippen LogP contribution in [0.25, 0.3) is 0 Å². The Labute approximate surface area is 70.6 Å². The molecule has 0 fully saturated rings. The Morgan fingerprint density at radius 2 is 2.17 bits per heavy atom. The SMILES string of the molecule is COc1c(F)ccc(C)c1CO. The van der Waals surface area contributed by atoms with Crippen LogP contribution in [0.5, 0.6) is 5.75 Å². The maximum absolute atomic E-state index is 13.0. The lowest BCUT2D eigenvalue weighted by Crippen LogP contribution is -1.97. The standard InChI is InChI=1S/C9H11FO2/c1-6-3-4-8(10)9(12-2)7(6)5-11/h3-4,11H,5H2,1-2H3. The molecule has 0 radical (unpaired) electrons. The van der Waals surface area contributed by atoms with E-state index >= 15 is 0 Å². The van der Waals surface area contributed by atoms with Gasteiger partial charge >= 0.3 is 0 Å². The molecule has 66 valence electrons. The van der Waals surface area contributed by atoms with Gasteiger partial charge in [0.25, 0.3) is 0 Å². The van der Waals surface area contributed by atoms with Gasteiger partial charge in [-0.1, -0.05) is 6.07 Å². The zero-order valence-electron chi connectivity index (χ0n) is 7.10. The lowest BCUT2D eigenvalue weighted by molar-refractivity contribution is 0.270. The number of aliphatic hydroxyl groups excluding tert-OH is 1. The van der Waals surface area contributed by atoms with Crippen molar-refractivity contribution in [1.82, 2.24) is 0 Å². The van der Waals surface area contributed by atoms with Crippen molar-refractivity contribution in [3.8, 4) is 5.75 Å². The highest BCUT2D eigenvalue weighted by Crippen LogP contribution is 2.25. The first-order valence-corrected chi connectivity index (χ1v) is 3.63. The molecule has 0 atom stereocenters. The molecule has 0 bridgehead atoms. The summed E-state index contributed by atoms with van der Waals surface area (Å²) in [7, 11) is 1.39. The van der Waals surface area contributed by atoms with Crippen molar-refractivity contribution >= 4 is 0 Å². The van der Waals surface area contributed by atoms with Crippen LogP contribution in [0.1, 0.15) is 11.1 Å². The van der Waals surface area contributed by atoms with Gasteiger partial charge in [-0.2, -0.15) is 0 Å². The second-order valence-corrected chi connectivity index (χ2v) is 2.53. The minimum absolute atomic E-state index is 0.137. The predicted molar refractivity (Wildman–Crippen MR) is 43.6 cm³/mol. The Morgan fingerprint density at radius 3 is 2.58 bits per heavy atom. The van der Waals surface area contributed by atoms with E-state index in [0.717, 1.165) is 5.56 Å². The summed E-state index contributed by atoms with van der Waals surface area (Å²) in [5, 5.41) is 8.91. The summed E-state index contributed by atoms with van der Waals surface area (Å²) < 4.78 is 17.8. The maximum Gasteiger partial charge on any atom is 0.165 e. The molecule has 0 amide bonds. The van der Waals surface area contributed by atoms with Gasteiger partial charge in [0.2, 0.25) is 0 Å². The fourth-order valence-electron chi connectivity index (χ4n) is 1.11. The molecule has 0 saturated carbocycles. The molecule has 12 heavy (non-hydrogen) atoms. The summed E-state index contributed by atoms with van der Waals surface area (Å²) in [6.07, 6.45) is 0. The van der Waals surface area contributed by atoms with Gasteiger partial charge in [0.15, 0.2) is 11.6 Å². The van der Waals surface area contributed by atoms with Crippen LogP contribution in [-0.2, 0) is 6.61 Å². The zero-order valence-corrected chi connectivity index (χ0v) is 7.10. The smallest absolute Gasteiger partial charge is 0.165 e. The maximum atomic E-state index is 13.0. The van der Waals surface area contributed by atoms with Gasteiger partial charge in [0.05, 0.1) is 13.7 Å². The molecule has 3 heteroatoms. The lowest BCUT2D eigenvalue weighted by Gasteiger charge is -2.09. The summed E-state index contributed by atoms with van der Waals surface area (Å²) in [5.41, 5.74) is 1.34. The van der Waals surface area contributed by atoms with Crippen LogP contribution in [0.15, 0.2) is 12.1 Å². The molecule has 1 aromatic rings. The van der Waals surface area contributed by atoms with Crippen molar-refractivity contribution in [1.29, 1.82) is 0 Å². The average molecular weight is 170 g/mol. The fraction of sp³-hybridized carbons (Fsp3) is 0.333. The van der Waals surface area contributed by atoms with E-state index in [0.29, 0.717) is 5.56 Å². The second-order valence-electron chi connectivity index (χ2n) is 2.53. The number of benzene rings is 1. The average Bonchev–Trinajstić information content (AvgIpc) is 2.08. The molecule has 1 rings (SSSR count). The highest BCUT2D eigenvalue weighted by molar-refractivity contribution is 5.40. The number of rotatable bonds is 2. The molecule has 0 spiro atoms. The van der Waals surface area contributed by atoms with E-state index in [1.807, 2.05) is 0 Å². The van der Waals surface area contributed by atoms with Crippen molar-refractivity contribution in [2.45, 2.75) is 13.5 Å². The Balaban J connectivity index is 3.28. The van der Waals surface area contributed by atoms with Crippen LogP contribution >= 0.6 is 0 Å². The third-order valence-corrected chi connectivity index (χ3v) is 1.81. The van der Waals surface area contributed by atoms with Crippen molar-refractivity contribution < 1.29 is 14.2 Å². The minimum atomic E-state index is -0.438. The number of halogens is 1. The number of hydrogen-bond donors (Lipinski definition) is 1. The quantitative estimate of drug-likeness (QED) is 0.731. The lowest BCUT2D eigenvalue weighted by atomic mass is 10.1. The number of methoxy groups -OCH3 is 1. The summed E-state index contributed by atoms with van der Waals surface area (Å²) in [6.45, 7) is 1.60. The first-order chi connectivity index (χ1) is 5.70. The van der Waals surface area contributed by atoms with E-state index in [1.54, 1.807) is 13.0 Å². The molecule has 0 saturated heterocycles. The molecule has 1 N–H and O–H groups in total. The molecule has 2 nitrogen and oxygen atoms in total. The Hall–Kier alpha value is -1.09. The Bertz CT molecular complexity index is 255. The highest BCUT2D eigenvalue weighted by atomic mass is 19.1. The van der Waals surface area contributed by atoms with E-state index in [-0.39, 0.29) is 12.4 Å². The van der Waals surface area contributed by atoms with E-state index in [9.17, 15) is 4.39 Å². The van der Waals surface area contributed by atoms with Crippen LogP contribution in [0.2, 0.25) is 0 Å². The van der Waals surface area contributed by atoms with Crippen LogP contribution in [-0.4, -0.2) is 12.2 Å². The summed E-state index contributed by atoms with van der Waals surface area (Å²) in [4.78, 5) is 0. The summed E-state index contributed by atoms with van der Waals surface area (Å²) >= 11 is 0. The molecular formula is C9H11FO2. The topological polar surface area (TPSA) is 29.5 Å². The van der Waals surface area contributed by atoms with Gasteiger partial charge in [0.1, 0.15) is 0 Å². The van der Waals surface area contributed by atoms with Gasteiger partial charge in [-0.15, -0.1) is 0 Å². The first kappa shape index (κ1) is 9.00.